The van der Waals surface area contributed by atoms with Crippen LogP contribution in [0.4, 0.5) is 5.69 Å². The minimum absolute atomic E-state index is 0.0815. The SMILES string of the molecule is C[C@H]1CCCC[C@@H]1NC(=O)COC(=O)C1=CCC(=O)N(c2ccccc2)N1. The van der Waals surface area contributed by atoms with Crippen LogP contribution in [0.1, 0.15) is 39.0 Å². The molecule has 1 heterocycles. The van der Waals surface area contributed by atoms with Crippen LogP contribution in [0, 0.1) is 5.92 Å². The van der Waals surface area contributed by atoms with E-state index in [1.165, 1.54) is 17.5 Å². The summed E-state index contributed by atoms with van der Waals surface area (Å²) in [5.41, 5.74) is 3.55. The van der Waals surface area contributed by atoms with Crippen molar-refractivity contribution in [3.05, 3.63) is 42.1 Å². The van der Waals surface area contributed by atoms with Gasteiger partial charge in [0.15, 0.2) is 6.61 Å². The number of carbonyl (C=O) groups is 3. The third-order valence-corrected chi connectivity index (χ3v) is 4.99. The van der Waals surface area contributed by atoms with Crippen LogP contribution in [0.3, 0.4) is 0 Å². The van der Waals surface area contributed by atoms with Gasteiger partial charge in [0, 0.05) is 12.5 Å². The highest BCUT2D eigenvalue weighted by Crippen LogP contribution is 2.23. The van der Waals surface area contributed by atoms with Crippen LogP contribution >= 0.6 is 0 Å². The zero-order valence-corrected chi connectivity index (χ0v) is 15.4. The van der Waals surface area contributed by atoms with E-state index in [1.807, 2.05) is 6.07 Å². The first-order valence-electron chi connectivity index (χ1n) is 9.36. The van der Waals surface area contributed by atoms with Crippen molar-refractivity contribution in [2.75, 3.05) is 11.6 Å². The number of para-hydroxylation sites is 1. The molecule has 1 fully saturated rings. The summed E-state index contributed by atoms with van der Waals surface area (Å²) in [6.07, 6.45) is 5.92. The molecular formula is C20H25N3O4. The maximum atomic E-state index is 12.3. The van der Waals surface area contributed by atoms with E-state index in [4.69, 9.17) is 4.74 Å². The molecule has 1 aliphatic heterocycles. The number of nitrogens with one attached hydrogen (secondary N) is 2. The third-order valence-electron chi connectivity index (χ3n) is 4.99. The number of esters is 1. The normalized spacial score (nSPS) is 22.5. The van der Waals surface area contributed by atoms with Crippen LogP contribution in [-0.4, -0.2) is 30.4 Å². The molecule has 2 aliphatic rings. The Morgan fingerprint density at radius 2 is 1.96 bits per heavy atom. The summed E-state index contributed by atoms with van der Waals surface area (Å²) in [7, 11) is 0. The van der Waals surface area contributed by atoms with Crippen molar-refractivity contribution >= 4 is 23.5 Å². The van der Waals surface area contributed by atoms with Gasteiger partial charge in [-0.2, -0.15) is 0 Å². The molecule has 7 nitrogen and oxygen atoms in total. The summed E-state index contributed by atoms with van der Waals surface area (Å²) >= 11 is 0. The molecule has 27 heavy (non-hydrogen) atoms. The number of hydrogen-bond acceptors (Lipinski definition) is 5. The average Bonchev–Trinajstić information content (AvgIpc) is 2.69. The molecule has 0 spiro atoms. The number of benzene rings is 1. The van der Waals surface area contributed by atoms with Gasteiger partial charge in [0.2, 0.25) is 5.91 Å². The molecule has 1 aliphatic carbocycles. The van der Waals surface area contributed by atoms with Crippen LogP contribution in [0.25, 0.3) is 0 Å². The monoisotopic (exact) mass is 371 g/mol. The Hall–Kier alpha value is -2.83. The molecule has 0 aromatic heterocycles. The highest BCUT2D eigenvalue weighted by molar-refractivity contribution is 5.99. The zero-order chi connectivity index (χ0) is 19.2. The van der Waals surface area contributed by atoms with Gasteiger partial charge < -0.3 is 10.1 Å². The van der Waals surface area contributed by atoms with E-state index in [9.17, 15) is 14.4 Å². The van der Waals surface area contributed by atoms with E-state index >= 15 is 0 Å². The van der Waals surface area contributed by atoms with Crippen LogP contribution in [0.15, 0.2) is 42.1 Å². The summed E-state index contributed by atoms with van der Waals surface area (Å²) < 4.78 is 5.12. The van der Waals surface area contributed by atoms with E-state index in [-0.39, 0.29) is 36.6 Å². The first-order valence-corrected chi connectivity index (χ1v) is 9.36. The molecule has 1 aromatic carbocycles. The Bertz CT molecular complexity index is 732. The molecule has 144 valence electrons. The van der Waals surface area contributed by atoms with Gasteiger partial charge in [0.25, 0.3) is 5.91 Å². The van der Waals surface area contributed by atoms with E-state index in [1.54, 1.807) is 24.3 Å². The van der Waals surface area contributed by atoms with Crippen LogP contribution in [0.2, 0.25) is 0 Å². The molecule has 2 N–H and O–H groups in total. The topological polar surface area (TPSA) is 87.7 Å². The molecule has 1 aromatic rings. The van der Waals surface area contributed by atoms with Crippen molar-refractivity contribution in [3.63, 3.8) is 0 Å². The molecule has 0 bridgehead atoms. The minimum Gasteiger partial charge on any atom is -0.451 e. The summed E-state index contributed by atoms with van der Waals surface area (Å²) in [5.74, 6) is -0.696. The van der Waals surface area contributed by atoms with Gasteiger partial charge in [-0.3, -0.25) is 15.0 Å². The predicted octanol–water partition coefficient (Wildman–Crippen LogP) is 2.05. The number of amides is 2. The second-order valence-corrected chi connectivity index (χ2v) is 7.01. The number of hydrogen-bond donors (Lipinski definition) is 2. The van der Waals surface area contributed by atoms with E-state index in [0.717, 1.165) is 19.3 Å². The maximum absolute atomic E-state index is 12.3. The number of carbonyl (C=O) groups excluding carboxylic acids is 3. The van der Waals surface area contributed by atoms with E-state index < -0.39 is 5.97 Å². The van der Waals surface area contributed by atoms with Gasteiger partial charge in [-0.25, -0.2) is 9.80 Å². The predicted molar refractivity (Wildman–Crippen MR) is 100 cm³/mol. The summed E-state index contributed by atoms with van der Waals surface area (Å²) in [6, 6.07) is 9.11. The van der Waals surface area contributed by atoms with Gasteiger partial charge >= 0.3 is 5.97 Å². The third kappa shape index (κ3) is 4.87. The lowest BCUT2D eigenvalue weighted by Gasteiger charge is -2.29. The van der Waals surface area contributed by atoms with Gasteiger partial charge in [0.05, 0.1) is 5.69 Å². The fraction of sp³-hybridized carbons (Fsp3) is 0.450. The number of rotatable bonds is 5. The van der Waals surface area contributed by atoms with Gasteiger partial charge in [-0.05, 0) is 37.0 Å². The molecule has 2 amide bonds. The number of ether oxygens (including phenoxy) is 1. The molecular weight excluding hydrogens is 346 g/mol. The Morgan fingerprint density at radius 1 is 1.22 bits per heavy atom. The quantitative estimate of drug-likeness (QED) is 0.774. The van der Waals surface area contributed by atoms with Crippen molar-refractivity contribution in [3.8, 4) is 0 Å². The Morgan fingerprint density at radius 3 is 2.70 bits per heavy atom. The fourth-order valence-corrected chi connectivity index (χ4v) is 3.41. The Balaban J connectivity index is 1.51. The van der Waals surface area contributed by atoms with Crippen LogP contribution in [0.5, 0.6) is 0 Å². The maximum Gasteiger partial charge on any atom is 0.356 e. The van der Waals surface area contributed by atoms with Crippen molar-refractivity contribution < 1.29 is 19.1 Å². The fourth-order valence-electron chi connectivity index (χ4n) is 3.41. The highest BCUT2D eigenvalue weighted by atomic mass is 16.5. The Kier molecular flexibility index (Phi) is 6.11. The molecule has 3 rings (SSSR count). The lowest BCUT2D eigenvalue weighted by atomic mass is 9.86. The molecule has 0 saturated heterocycles. The lowest BCUT2D eigenvalue weighted by Crippen LogP contribution is -2.47. The molecule has 1 saturated carbocycles. The summed E-state index contributed by atoms with van der Waals surface area (Å²) in [5, 5.41) is 4.25. The smallest absolute Gasteiger partial charge is 0.356 e. The van der Waals surface area contributed by atoms with E-state index in [2.05, 4.69) is 17.7 Å². The molecule has 2 atom stereocenters. The number of anilines is 1. The lowest BCUT2D eigenvalue weighted by molar-refractivity contribution is -0.145. The molecule has 0 radical (unpaired) electrons. The minimum atomic E-state index is -0.657. The number of hydrazine groups is 1. The van der Waals surface area contributed by atoms with Gasteiger partial charge in [-0.1, -0.05) is 38.0 Å². The highest BCUT2D eigenvalue weighted by Gasteiger charge is 2.26. The van der Waals surface area contributed by atoms with Crippen LogP contribution < -0.4 is 15.8 Å². The van der Waals surface area contributed by atoms with E-state index in [0.29, 0.717) is 11.6 Å². The largest absolute Gasteiger partial charge is 0.451 e. The summed E-state index contributed by atoms with van der Waals surface area (Å²) in [6.45, 7) is 1.79. The molecule has 0 unspecified atom stereocenters. The van der Waals surface area contributed by atoms with Crippen molar-refractivity contribution in [2.24, 2.45) is 5.92 Å². The summed E-state index contributed by atoms with van der Waals surface area (Å²) in [4.78, 5) is 36.4. The van der Waals surface area contributed by atoms with Crippen molar-refractivity contribution in [2.45, 2.75) is 45.1 Å². The van der Waals surface area contributed by atoms with Crippen molar-refractivity contribution in [1.29, 1.82) is 0 Å². The second kappa shape index (κ2) is 8.70. The first kappa shape index (κ1) is 18.9. The first-order chi connectivity index (χ1) is 13.0. The average molecular weight is 371 g/mol. The van der Waals surface area contributed by atoms with Crippen LogP contribution in [-0.2, 0) is 19.1 Å². The standard InChI is InChI=1S/C20H25N3O4/c1-14-7-5-6-10-16(14)21-18(24)13-27-20(26)17-11-12-19(25)23(22-17)15-8-3-2-4-9-15/h2-4,8-9,11,14,16,22H,5-7,10,12-13H2,1H3,(H,21,24)/t14-,16-/m0/s1. The van der Waals surface area contributed by atoms with Crippen molar-refractivity contribution in [1.82, 2.24) is 10.7 Å². The number of nitrogens with zero attached hydrogens (tertiary/aromatic N) is 1. The second-order valence-electron chi connectivity index (χ2n) is 7.01. The Labute approximate surface area is 158 Å². The molecule has 7 heteroatoms. The zero-order valence-electron chi connectivity index (χ0n) is 15.4. The van der Waals surface area contributed by atoms with Gasteiger partial charge in [-0.15, -0.1) is 0 Å². The van der Waals surface area contributed by atoms with Gasteiger partial charge in [0.1, 0.15) is 5.70 Å².